The van der Waals surface area contributed by atoms with Crippen molar-refractivity contribution >= 4 is 21.6 Å². The summed E-state index contributed by atoms with van der Waals surface area (Å²) in [6.45, 7) is 0.927. The first-order valence-corrected chi connectivity index (χ1v) is 9.97. The van der Waals surface area contributed by atoms with E-state index in [4.69, 9.17) is 9.47 Å². The number of halogens is 1. The van der Waals surface area contributed by atoms with Gasteiger partial charge in [-0.2, -0.15) is 0 Å². The molecule has 0 N–H and O–H groups in total. The van der Waals surface area contributed by atoms with Gasteiger partial charge in [-0.25, -0.2) is 9.37 Å². The molecule has 0 fully saturated rings. The Hall–Kier alpha value is -3.19. The van der Waals surface area contributed by atoms with Crippen LogP contribution in [0.3, 0.4) is 0 Å². The molecule has 0 aliphatic rings. The minimum Gasteiger partial charge on any atom is -0.497 e. The monoisotopic (exact) mass is 410 g/mol. The highest BCUT2D eigenvalue weighted by Gasteiger charge is 2.11. The Labute approximate surface area is 171 Å². The minimum atomic E-state index is -0.298. The number of fused-ring (bicyclic) bond motifs is 1. The van der Waals surface area contributed by atoms with E-state index >= 15 is 0 Å². The van der Waals surface area contributed by atoms with Gasteiger partial charge in [-0.05, 0) is 66.6 Å². The van der Waals surface area contributed by atoms with E-state index in [1.807, 2.05) is 30.3 Å². The Balaban J connectivity index is 1.45. The third-order valence-corrected chi connectivity index (χ3v) is 5.67. The van der Waals surface area contributed by atoms with E-state index in [-0.39, 0.29) is 11.4 Å². The Bertz CT molecular complexity index is 1170. The van der Waals surface area contributed by atoms with Gasteiger partial charge in [0.05, 0.1) is 25.6 Å². The van der Waals surface area contributed by atoms with Gasteiger partial charge in [-0.3, -0.25) is 9.36 Å². The fourth-order valence-corrected chi connectivity index (χ4v) is 4.02. The van der Waals surface area contributed by atoms with Gasteiger partial charge in [0.15, 0.2) is 0 Å². The number of methoxy groups -OCH3 is 1. The number of aromatic nitrogens is 2. The summed E-state index contributed by atoms with van der Waals surface area (Å²) in [5.41, 5.74) is 1.67. The quantitative estimate of drug-likeness (QED) is 0.413. The van der Waals surface area contributed by atoms with Crippen LogP contribution in [-0.4, -0.2) is 23.3 Å². The molecule has 4 aromatic rings. The molecular formula is C22H19FN2O3S. The lowest BCUT2D eigenvalue weighted by Crippen LogP contribution is -2.20. The predicted octanol–water partition coefficient (Wildman–Crippen LogP) is 4.74. The predicted molar refractivity (Wildman–Crippen MR) is 112 cm³/mol. The molecule has 148 valence electrons. The fraction of sp³-hybridized carbons (Fsp3) is 0.182. The molecule has 0 unspecified atom stereocenters. The molecule has 0 radical (unpaired) electrons. The van der Waals surface area contributed by atoms with Crippen LogP contribution >= 0.6 is 11.3 Å². The Kier molecular flexibility index (Phi) is 5.57. The van der Waals surface area contributed by atoms with Gasteiger partial charge in [0.2, 0.25) is 0 Å². The lowest BCUT2D eigenvalue weighted by Gasteiger charge is -2.07. The van der Waals surface area contributed by atoms with Crippen molar-refractivity contribution in [3.05, 3.63) is 77.1 Å². The van der Waals surface area contributed by atoms with Crippen molar-refractivity contribution in [1.82, 2.24) is 9.55 Å². The van der Waals surface area contributed by atoms with Crippen molar-refractivity contribution in [3.8, 4) is 21.9 Å². The molecule has 2 heterocycles. The molecule has 0 spiro atoms. The van der Waals surface area contributed by atoms with Gasteiger partial charge >= 0.3 is 0 Å². The number of hydrogen-bond acceptors (Lipinski definition) is 5. The molecule has 2 aromatic carbocycles. The topological polar surface area (TPSA) is 53.4 Å². The molecule has 0 saturated carbocycles. The number of aryl methyl sites for hydroxylation is 1. The lowest BCUT2D eigenvalue weighted by molar-refractivity contribution is 0.300. The smallest absolute Gasteiger partial charge is 0.271 e. The molecule has 0 aliphatic heterocycles. The second-order valence-corrected chi connectivity index (χ2v) is 7.50. The summed E-state index contributed by atoms with van der Waals surface area (Å²) in [6.07, 6.45) is 2.22. The van der Waals surface area contributed by atoms with Crippen LogP contribution in [-0.2, 0) is 6.54 Å². The molecule has 2 aromatic heterocycles. The van der Waals surface area contributed by atoms with Crippen LogP contribution in [0.5, 0.6) is 11.5 Å². The van der Waals surface area contributed by atoms with Crippen molar-refractivity contribution in [2.45, 2.75) is 13.0 Å². The Morgan fingerprint density at radius 1 is 1.07 bits per heavy atom. The van der Waals surface area contributed by atoms with Gasteiger partial charge in [-0.15, -0.1) is 11.3 Å². The summed E-state index contributed by atoms with van der Waals surface area (Å²) in [5, 5.41) is 0. The maximum absolute atomic E-state index is 12.9. The fourth-order valence-electron chi connectivity index (χ4n) is 2.96. The lowest BCUT2D eigenvalue weighted by atomic mass is 10.2. The molecular weight excluding hydrogens is 391 g/mol. The largest absolute Gasteiger partial charge is 0.497 e. The molecule has 0 atom stereocenters. The van der Waals surface area contributed by atoms with E-state index in [1.54, 1.807) is 30.1 Å². The summed E-state index contributed by atoms with van der Waals surface area (Å²) in [6, 6.07) is 15.5. The second-order valence-electron chi connectivity index (χ2n) is 6.45. The van der Waals surface area contributed by atoms with Crippen LogP contribution < -0.4 is 15.0 Å². The number of rotatable bonds is 7. The molecule has 4 rings (SSSR count). The number of hydrogen-bond donors (Lipinski definition) is 0. The maximum atomic E-state index is 12.9. The van der Waals surface area contributed by atoms with Crippen molar-refractivity contribution in [1.29, 1.82) is 0 Å². The first-order valence-electron chi connectivity index (χ1n) is 9.16. The summed E-state index contributed by atoms with van der Waals surface area (Å²) < 4.78 is 25.9. The molecule has 0 amide bonds. The van der Waals surface area contributed by atoms with Crippen molar-refractivity contribution in [2.75, 3.05) is 13.7 Å². The van der Waals surface area contributed by atoms with E-state index in [9.17, 15) is 9.18 Å². The van der Waals surface area contributed by atoms with Crippen molar-refractivity contribution in [2.24, 2.45) is 0 Å². The minimum absolute atomic E-state index is 0.0541. The standard InChI is InChI=1S/C22H19FN2O3S/c1-27-17-7-3-15(4-8-17)20-13-19-21(29-20)22(26)25(14-24-19)11-2-12-28-18-9-5-16(23)6-10-18/h3-10,13-14H,2,11-12H2,1H3. The van der Waals surface area contributed by atoms with Crippen LogP contribution in [0.25, 0.3) is 20.7 Å². The maximum Gasteiger partial charge on any atom is 0.271 e. The highest BCUT2D eigenvalue weighted by molar-refractivity contribution is 7.22. The van der Waals surface area contributed by atoms with Crippen LogP contribution in [0.2, 0.25) is 0 Å². The highest BCUT2D eigenvalue weighted by atomic mass is 32.1. The Morgan fingerprint density at radius 2 is 1.79 bits per heavy atom. The summed E-state index contributed by atoms with van der Waals surface area (Å²) in [5.74, 6) is 1.10. The first-order chi connectivity index (χ1) is 14.1. The van der Waals surface area contributed by atoms with Crippen LogP contribution in [0.4, 0.5) is 4.39 Å². The van der Waals surface area contributed by atoms with Gasteiger partial charge < -0.3 is 9.47 Å². The normalized spacial score (nSPS) is 11.0. The van der Waals surface area contributed by atoms with Gasteiger partial charge in [0.25, 0.3) is 5.56 Å². The third-order valence-electron chi connectivity index (χ3n) is 4.50. The zero-order valence-electron chi connectivity index (χ0n) is 15.8. The van der Waals surface area contributed by atoms with Crippen LogP contribution in [0.15, 0.2) is 65.7 Å². The number of thiophene rings is 1. The molecule has 7 heteroatoms. The van der Waals surface area contributed by atoms with Gasteiger partial charge in [0.1, 0.15) is 22.0 Å². The summed E-state index contributed by atoms with van der Waals surface area (Å²) in [4.78, 5) is 18.2. The zero-order valence-corrected chi connectivity index (χ0v) is 16.6. The SMILES string of the molecule is COc1ccc(-c2cc3ncn(CCCOc4ccc(F)cc4)c(=O)c3s2)cc1. The first kappa shape index (κ1) is 19.1. The molecule has 29 heavy (non-hydrogen) atoms. The average Bonchev–Trinajstić information content (AvgIpc) is 3.19. The van der Waals surface area contributed by atoms with E-state index in [2.05, 4.69) is 4.98 Å². The molecule has 0 aliphatic carbocycles. The van der Waals surface area contributed by atoms with Gasteiger partial charge in [0, 0.05) is 11.4 Å². The number of ether oxygens (including phenoxy) is 2. The molecule has 5 nitrogen and oxygen atoms in total. The summed E-state index contributed by atoms with van der Waals surface area (Å²) in [7, 11) is 1.63. The number of nitrogens with zero attached hydrogens (tertiary/aromatic N) is 2. The third kappa shape index (κ3) is 4.30. The Morgan fingerprint density at radius 3 is 2.52 bits per heavy atom. The van der Waals surface area contributed by atoms with Crippen molar-refractivity contribution < 1.29 is 13.9 Å². The van der Waals surface area contributed by atoms with Crippen LogP contribution in [0.1, 0.15) is 6.42 Å². The van der Waals surface area contributed by atoms with E-state index in [1.165, 1.54) is 23.5 Å². The molecule has 0 bridgehead atoms. The van der Waals surface area contributed by atoms with E-state index in [0.717, 1.165) is 16.2 Å². The van der Waals surface area contributed by atoms with E-state index < -0.39 is 0 Å². The zero-order chi connectivity index (χ0) is 20.2. The summed E-state index contributed by atoms with van der Waals surface area (Å²) >= 11 is 1.44. The second kappa shape index (κ2) is 8.45. The van der Waals surface area contributed by atoms with Crippen LogP contribution in [0, 0.1) is 5.82 Å². The average molecular weight is 410 g/mol. The van der Waals surface area contributed by atoms with Gasteiger partial charge in [-0.1, -0.05) is 0 Å². The molecule has 0 saturated heterocycles. The number of benzene rings is 2. The van der Waals surface area contributed by atoms with E-state index in [0.29, 0.717) is 35.5 Å². The van der Waals surface area contributed by atoms with Crippen molar-refractivity contribution in [3.63, 3.8) is 0 Å². The highest BCUT2D eigenvalue weighted by Crippen LogP contribution is 2.31.